The summed E-state index contributed by atoms with van der Waals surface area (Å²) >= 11 is 5.91. The lowest BCUT2D eigenvalue weighted by Gasteiger charge is -2.11. The van der Waals surface area contributed by atoms with Crippen LogP contribution in [0.1, 0.15) is 21.7 Å². The summed E-state index contributed by atoms with van der Waals surface area (Å²) in [7, 11) is -2.20. The zero-order chi connectivity index (χ0) is 21.9. The SMILES string of the molecule is CNS(=O)(=O)c1ccc(CNC(=O)c2nn(-c3ccc(Cl)cc3)c(C)cc2=O)cc1. The third-order valence-electron chi connectivity index (χ3n) is 4.35. The van der Waals surface area contributed by atoms with Crippen molar-refractivity contribution >= 4 is 27.5 Å². The van der Waals surface area contributed by atoms with Gasteiger partial charge in [-0.3, -0.25) is 9.59 Å². The number of hydrogen-bond donors (Lipinski definition) is 2. The van der Waals surface area contributed by atoms with Crippen molar-refractivity contribution < 1.29 is 13.2 Å². The number of sulfonamides is 1. The van der Waals surface area contributed by atoms with Crippen LogP contribution < -0.4 is 15.5 Å². The summed E-state index contributed by atoms with van der Waals surface area (Å²) in [6.45, 7) is 1.82. The van der Waals surface area contributed by atoms with E-state index in [1.165, 1.54) is 29.9 Å². The van der Waals surface area contributed by atoms with E-state index >= 15 is 0 Å². The number of aromatic nitrogens is 2. The highest BCUT2D eigenvalue weighted by molar-refractivity contribution is 7.89. The number of benzene rings is 2. The molecule has 0 fully saturated rings. The molecular weight excluding hydrogens is 428 g/mol. The first-order chi connectivity index (χ1) is 14.2. The third kappa shape index (κ3) is 4.76. The molecule has 2 aromatic carbocycles. The molecule has 156 valence electrons. The second-order valence-corrected chi connectivity index (χ2v) is 8.74. The van der Waals surface area contributed by atoms with Gasteiger partial charge >= 0.3 is 0 Å². The maximum atomic E-state index is 12.5. The van der Waals surface area contributed by atoms with Crippen molar-refractivity contribution in [3.05, 3.63) is 86.8 Å². The summed E-state index contributed by atoms with van der Waals surface area (Å²) in [4.78, 5) is 25.0. The number of amides is 1. The first-order valence-electron chi connectivity index (χ1n) is 8.89. The van der Waals surface area contributed by atoms with Crippen LogP contribution in [0.15, 0.2) is 64.3 Å². The van der Waals surface area contributed by atoms with E-state index in [9.17, 15) is 18.0 Å². The van der Waals surface area contributed by atoms with Gasteiger partial charge in [0.1, 0.15) is 0 Å². The maximum Gasteiger partial charge on any atom is 0.276 e. The van der Waals surface area contributed by atoms with Crippen molar-refractivity contribution in [2.24, 2.45) is 0 Å². The van der Waals surface area contributed by atoms with Crippen molar-refractivity contribution in [3.63, 3.8) is 0 Å². The molecule has 0 saturated carbocycles. The van der Waals surface area contributed by atoms with Gasteiger partial charge in [0.2, 0.25) is 15.5 Å². The molecule has 0 saturated heterocycles. The van der Waals surface area contributed by atoms with E-state index in [1.54, 1.807) is 43.3 Å². The van der Waals surface area contributed by atoms with Gasteiger partial charge in [-0.15, -0.1) is 0 Å². The molecule has 2 N–H and O–H groups in total. The van der Waals surface area contributed by atoms with Gasteiger partial charge in [0.05, 0.1) is 10.6 Å². The Morgan fingerprint density at radius 3 is 2.33 bits per heavy atom. The predicted octanol–water partition coefficient (Wildman–Crippen LogP) is 2.03. The van der Waals surface area contributed by atoms with Crippen molar-refractivity contribution in [1.29, 1.82) is 0 Å². The number of hydrogen-bond acceptors (Lipinski definition) is 5. The molecule has 10 heteroatoms. The average molecular weight is 447 g/mol. The Bertz CT molecular complexity index is 1240. The lowest BCUT2D eigenvalue weighted by atomic mass is 10.2. The second kappa shape index (κ2) is 8.78. The number of nitrogens with zero attached hydrogens (tertiary/aromatic N) is 2. The largest absolute Gasteiger partial charge is 0.346 e. The first-order valence-corrected chi connectivity index (χ1v) is 10.7. The minimum Gasteiger partial charge on any atom is -0.346 e. The van der Waals surface area contributed by atoms with Crippen LogP contribution in [0.2, 0.25) is 5.02 Å². The maximum absolute atomic E-state index is 12.5. The predicted molar refractivity (Wildman–Crippen MR) is 113 cm³/mol. The van der Waals surface area contributed by atoms with Crippen LogP contribution in [0.4, 0.5) is 0 Å². The molecule has 1 heterocycles. The van der Waals surface area contributed by atoms with Crippen molar-refractivity contribution in [3.8, 4) is 5.69 Å². The average Bonchev–Trinajstić information content (AvgIpc) is 2.73. The fourth-order valence-corrected chi connectivity index (χ4v) is 3.57. The fourth-order valence-electron chi connectivity index (χ4n) is 2.72. The standard InChI is InChI=1S/C20H19ClN4O4S/c1-13-11-18(26)19(24-25(13)16-7-5-15(21)6-8-16)20(27)23-12-14-3-9-17(10-4-14)30(28,29)22-2/h3-11,22H,12H2,1-2H3,(H,23,27). The van der Waals surface area contributed by atoms with E-state index in [0.717, 1.165) is 0 Å². The highest BCUT2D eigenvalue weighted by atomic mass is 35.5. The van der Waals surface area contributed by atoms with Gasteiger partial charge < -0.3 is 5.32 Å². The summed E-state index contributed by atoms with van der Waals surface area (Å²) < 4.78 is 27.2. The molecule has 1 aromatic heterocycles. The molecule has 0 bridgehead atoms. The number of aryl methyl sites for hydroxylation is 1. The smallest absolute Gasteiger partial charge is 0.276 e. The number of carbonyl (C=O) groups excluding carboxylic acids is 1. The second-order valence-electron chi connectivity index (χ2n) is 6.42. The molecule has 8 nitrogen and oxygen atoms in total. The zero-order valence-electron chi connectivity index (χ0n) is 16.2. The molecule has 3 aromatic rings. The molecule has 30 heavy (non-hydrogen) atoms. The third-order valence-corrected chi connectivity index (χ3v) is 6.03. The van der Waals surface area contributed by atoms with Crippen LogP contribution >= 0.6 is 11.6 Å². The summed E-state index contributed by atoms with van der Waals surface area (Å²) in [5.74, 6) is -0.630. The Morgan fingerprint density at radius 2 is 1.73 bits per heavy atom. The van der Waals surface area contributed by atoms with Gasteiger partial charge in [0.15, 0.2) is 5.69 Å². The lowest BCUT2D eigenvalue weighted by molar-refractivity contribution is 0.0943. The molecule has 1 amide bonds. The molecule has 3 rings (SSSR count). The molecule has 0 unspecified atom stereocenters. The van der Waals surface area contributed by atoms with E-state index in [2.05, 4.69) is 15.1 Å². The van der Waals surface area contributed by atoms with Gasteiger partial charge in [-0.2, -0.15) is 5.10 Å². The molecule has 0 aliphatic heterocycles. The number of carbonyl (C=O) groups is 1. The molecule has 0 aliphatic carbocycles. The van der Waals surface area contributed by atoms with Crippen molar-refractivity contribution in [2.75, 3.05) is 7.05 Å². The van der Waals surface area contributed by atoms with E-state index in [-0.39, 0.29) is 17.1 Å². The zero-order valence-corrected chi connectivity index (χ0v) is 17.8. The normalized spacial score (nSPS) is 11.3. The summed E-state index contributed by atoms with van der Waals surface area (Å²) in [5.41, 5.74) is 1.16. The van der Waals surface area contributed by atoms with Crippen LogP contribution in [-0.4, -0.2) is 31.2 Å². The molecule has 0 spiro atoms. The Labute approximate surface area is 178 Å². The van der Waals surface area contributed by atoms with Gasteiger partial charge in [0.25, 0.3) is 5.91 Å². The van der Waals surface area contributed by atoms with Crippen LogP contribution in [0.3, 0.4) is 0 Å². The monoisotopic (exact) mass is 446 g/mol. The van der Waals surface area contributed by atoms with Gasteiger partial charge in [-0.1, -0.05) is 23.7 Å². The first kappa shape index (κ1) is 21.7. The summed E-state index contributed by atoms with van der Waals surface area (Å²) in [6.07, 6.45) is 0. The summed E-state index contributed by atoms with van der Waals surface area (Å²) in [5, 5.41) is 7.40. The fraction of sp³-hybridized carbons (Fsp3) is 0.150. The minimum absolute atomic E-state index is 0.106. The van der Waals surface area contributed by atoms with E-state index in [4.69, 9.17) is 11.6 Å². The van der Waals surface area contributed by atoms with Crippen molar-refractivity contribution in [1.82, 2.24) is 19.8 Å². The molecule has 0 aliphatic rings. The minimum atomic E-state index is -3.53. The number of nitrogens with one attached hydrogen (secondary N) is 2. The highest BCUT2D eigenvalue weighted by Crippen LogP contribution is 2.14. The van der Waals surface area contributed by atoms with E-state index in [1.807, 2.05) is 0 Å². The Balaban J connectivity index is 1.79. The molecule has 0 atom stereocenters. The Hall–Kier alpha value is -3.01. The highest BCUT2D eigenvalue weighted by Gasteiger charge is 2.16. The molecular formula is C20H19ClN4O4S. The lowest BCUT2D eigenvalue weighted by Crippen LogP contribution is -2.31. The summed E-state index contributed by atoms with van der Waals surface area (Å²) in [6, 6.07) is 14.2. The van der Waals surface area contributed by atoms with Crippen LogP contribution in [0, 0.1) is 6.92 Å². The van der Waals surface area contributed by atoms with Gasteiger partial charge in [-0.25, -0.2) is 17.8 Å². The van der Waals surface area contributed by atoms with Crippen LogP contribution in [0.25, 0.3) is 5.69 Å². The quantitative estimate of drug-likeness (QED) is 0.602. The molecule has 0 radical (unpaired) electrons. The van der Waals surface area contributed by atoms with Crippen molar-refractivity contribution in [2.45, 2.75) is 18.4 Å². The Morgan fingerprint density at radius 1 is 1.10 bits per heavy atom. The topological polar surface area (TPSA) is 110 Å². The van der Waals surface area contributed by atoms with Gasteiger partial charge in [0, 0.05) is 23.3 Å². The Kier molecular flexibility index (Phi) is 6.35. The van der Waals surface area contributed by atoms with E-state index < -0.39 is 21.4 Å². The van der Waals surface area contributed by atoms with E-state index in [0.29, 0.717) is 22.0 Å². The van der Waals surface area contributed by atoms with Gasteiger partial charge in [-0.05, 0) is 55.9 Å². The number of halogens is 1. The van der Waals surface area contributed by atoms with Crippen LogP contribution in [-0.2, 0) is 16.6 Å². The van der Waals surface area contributed by atoms with Crippen LogP contribution in [0.5, 0.6) is 0 Å². The number of rotatable bonds is 6.